The van der Waals surface area contributed by atoms with E-state index < -0.39 is 5.60 Å². The van der Waals surface area contributed by atoms with Crippen LogP contribution < -0.4 is 10.2 Å². The molecule has 8 nitrogen and oxygen atoms in total. The number of carbonyl (C=O) groups is 1. The highest BCUT2D eigenvalue weighted by atomic mass is 16.5. The van der Waals surface area contributed by atoms with E-state index in [1.807, 2.05) is 6.07 Å². The third kappa shape index (κ3) is 3.45. The molecule has 0 saturated heterocycles. The maximum atomic E-state index is 12.7. The van der Waals surface area contributed by atoms with Crippen LogP contribution in [0.2, 0.25) is 0 Å². The van der Waals surface area contributed by atoms with E-state index in [0.29, 0.717) is 23.0 Å². The number of nitrogens with zero attached hydrogens (tertiary/aromatic N) is 4. The van der Waals surface area contributed by atoms with Gasteiger partial charge in [-0.2, -0.15) is 0 Å². The summed E-state index contributed by atoms with van der Waals surface area (Å²) in [7, 11) is 1.71. The van der Waals surface area contributed by atoms with E-state index in [9.17, 15) is 9.90 Å². The molecule has 0 radical (unpaired) electrons. The molecular formula is C20H25N5O3. The number of ether oxygens (including phenoxy) is 1. The molecule has 0 unspecified atom stereocenters. The van der Waals surface area contributed by atoms with E-state index in [-0.39, 0.29) is 24.6 Å². The summed E-state index contributed by atoms with van der Waals surface area (Å²) in [6.45, 7) is 3.60. The Labute approximate surface area is 164 Å². The monoisotopic (exact) mass is 383 g/mol. The molecule has 1 fully saturated rings. The number of amides is 1. The van der Waals surface area contributed by atoms with Crippen LogP contribution in [0, 0.1) is 0 Å². The summed E-state index contributed by atoms with van der Waals surface area (Å²) in [5, 5.41) is 13.1. The van der Waals surface area contributed by atoms with Gasteiger partial charge in [0.1, 0.15) is 5.60 Å². The number of hydrogen-bond donors (Lipinski definition) is 2. The Bertz CT molecular complexity index is 878. The van der Waals surface area contributed by atoms with Gasteiger partial charge in [-0.25, -0.2) is 9.97 Å². The Morgan fingerprint density at radius 3 is 2.71 bits per heavy atom. The van der Waals surface area contributed by atoms with Gasteiger partial charge in [-0.15, -0.1) is 0 Å². The molecule has 1 aliphatic carbocycles. The van der Waals surface area contributed by atoms with Crippen LogP contribution in [0.15, 0.2) is 24.5 Å². The molecule has 2 aromatic rings. The van der Waals surface area contributed by atoms with Crippen LogP contribution in [0.5, 0.6) is 0 Å². The molecule has 1 amide bonds. The van der Waals surface area contributed by atoms with Gasteiger partial charge in [0, 0.05) is 24.9 Å². The maximum absolute atomic E-state index is 12.7. The fourth-order valence-electron chi connectivity index (χ4n) is 3.82. The molecule has 2 atom stereocenters. The minimum atomic E-state index is -1.01. The van der Waals surface area contributed by atoms with Gasteiger partial charge in [0.2, 0.25) is 5.91 Å². The van der Waals surface area contributed by atoms with Gasteiger partial charge in [-0.3, -0.25) is 14.7 Å². The highest BCUT2D eigenvalue weighted by Crippen LogP contribution is 2.35. The lowest BCUT2D eigenvalue weighted by Gasteiger charge is -2.33. The van der Waals surface area contributed by atoms with Crippen LogP contribution >= 0.6 is 0 Å². The zero-order valence-corrected chi connectivity index (χ0v) is 16.3. The van der Waals surface area contributed by atoms with Crippen LogP contribution in [0.3, 0.4) is 0 Å². The lowest BCUT2D eigenvalue weighted by atomic mass is 10.0. The molecule has 0 spiro atoms. The normalized spacial score (nSPS) is 22.1. The van der Waals surface area contributed by atoms with Gasteiger partial charge in [-0.05, 0) is 45.2 Å². The zero-order valence-electron chi connectivity index (χ0n) is 16.3. The molecule has 1 saturated carbocycles. The minimum absolute atomic E-state index is 0.00351. The second-order valence-electron chi connectivity index (χ2n) is 7.86. The molecule has 2 aliphatic rings. The second kappa shape index (κ2) is 7.10. The first-order chi connectivity index (χ1) is 13.4. The van der Waals surface area contributed by atoms with E-state index in [0.717, 1.165) is 24.8 Å². The molecule has 2 N–H and O–H groups in total. The van der Waals surface area contributed by atoms with Crippen LogP contribution in [0.4, 0.5) is 11.6 Å². The van der Waals surface area contributed by atoms with Crippen LogP contribution in [-0.2, 0) is 15.1 Å². The number of fused-ring (bicyclic) bond motifs is 1. The zero-order chi connectivity index (χ0) is 19.9. The SMILES string of the molecule is CO[C@H]1CC[C@H](N2C(=O)CNc3ncc(-c4ccc(C(C)(C)O)nc4)nc32)C1. The van der Waals surface area contributed by atoms with E-state index in [1.54, 1.807) is 44.3 Å². The Kier molecular flexibility index (Phi) is 4.76. The van der Waals surface area contributed by atoms with Gasteiger partial charge in [0.05, 0.1) is 30.2 Å². The van der Waals surface area contributed by atoms with Crippen LogP contribution in [0.1, 0.15) is 38.8 Å². The van der Waals surface area contributed by atoms with E-state index in [4.69, 9.17) is 9.72 Å². The van der Waals surface area contributed by atoms with Crippen molar-refractivity contribution in [1.29, 1.82) is 0 Å². The highest BCUT2D eigenvalue weighted by molar-refractivity contribution is 6.01. The fraction of sp³-hybridized carbons (Fsp3) is 0.500. The van der Waals surface area contributed by atoms with Gasteiger partial charge in [-0.1, -0.05) is 0 Å². The van der Waals surface area contributed by atoms with Gasteiger partial charge in [0.15, 0.2) is 11.6 Å². The lowest BCUT2D eigenvalue weighted by molar-refractivity contribution is -0.117. The van der Waals surface area contributed by atoms with Crippen molar-refractivity contribution in [3.63, 3.8) is 0 Å². The fourth-order valence-corrected chi connectivity index (χ4v) is 3.82. The number of aromatic nitrogens is 3. The predicted molar refractivity (Wildman–Crippen MR) is 105 cm³/mol. The lowest BCUT2D eigenvalue weighted by Crippen LogP contribution is -2.46. The number of nitrogens with one attached hydrogen (secondary N) is 1. The number of methoxy groups -OCH3 is 1. The summed E-state index contributed by atoms with van der Waals surface area (Å²) in [6, 6.07) is 3.70. The molecule has 0 aromatic carbocycles. The van der Waals surface area contributed by atoms with E-state index in [2.05, 4.69) is 15.3 Å². The molecule has 2 aromatic heterocycles. The van der Waals surface area contributed by atoms with Gasteiger partial charge < -0.3 is 15.2 Å². The molecule has 8 heteroatoms. The number of aliphatic hydroxyl groups is 1. The first-order valence-corrected chi connectivity index (χ1v) is 9.52. The van der Waals surface area contributed by atoms with Crippen molar-refractivity contribution in [3.8, 4) is 11.3 Å². The summed E-state index contributed by atoms with van der Waals surface area (Å²) < 4.78 is 5.47. The van der Waals surface area contributed by atoms with Crippen molar-refractivity contribution < 1.29 is 14.6 Å². The third-order valence-electron chi connectivity index (χ3n) is 5.40. The average Bonchev–Trinajstić information content (AvgIpc) is 3.15. The highest BCUT2D eigenvalue weighted by Gasteiger charge is 2.37. The van der Waals surface area contributed by atoms with Gasteiger partial charge in [0.25, 0.3) is 0 Å². The number of carbonyl (C=O) groups excluding carboxylic acids is 1. The predicted octanol–water partition coefficient (Wildman–Crippen LogP) is 2.09. The summed E-state index contributed by atoms with van der Waals surface area (Å²) >= 11 is 0. The number of hydrogen-bond acceptors (Lipinski definition) is 7. The standard InChI is InChI=1S/C20H25N5O3/c1-20(2,27)16-7-4-12(9-21-16)15-10-22-18-19(24-15)25(17(26)11-23-18)13-5-6-14(8-13)28-3/h4,7,9-10,13-14,27H,5-6,8,11H2,1-3H3,(H,22,23)/t13-,14-/m0/s1. The Morgan fingerprint density at radius 2 is 2.07 bits per heavy atom. The topological polar surface area (TPSA) is 100 Å². The Balaban J connectivity index is 1.67. The Morgan fingerprint density at radius 1 is 1.25 bits per heavy atom. The summed E-state index contributed by atoms with van der Waals surface area (Å²) in [5.41, 5.74) is 0.990. The molecule has 148 valence electrons. The van der Waals surface area contributed by atoms with Crippen molar-refractivity contribution in [1.82, 2.24) is 15.0 Å². The van der Waals surface area contributed by atoms with Crippen LogP contribution in [0.25, 0.3) is 11.3 Å². The largest absolute Gasteiger partial charge is 0.384 e. The van der Waals surface area contributed by atoms with Crippen molar-refractivity contribution >= 4 is 17.5 Å². The molecule has 28 heavy (non-hydrogen) atoms. The summed E-state index contributed by atoms with van der Waals surface area (Å²) in [4.78, 5) is 28.0. The Hall–Kier alpha value is -2.58. The minimum Gasteiger partial charge on any atom is -0.384 e. The van der Waals surface area contributed by atoms with E-state index in [1.165, 1.54) is 0 Å². The van der Waals surface area contributed by atoms with Gasteiger partial charge >= 0.3 is 0 Å². The van der Waals surface area contributed by atoms with Crippen molar-refractivity contribution in [2.24, 2.45) is 0 Å². The van der Waals surface area contributed by atoms with Crippen molar-refractivity contribution in [3.05, 3.63) is 30.2 Å². The first kappa shape index (κ1) is 18.8. The smallest absolute Gasteiger partial charge is 0.247 e. The third-order valence-corrected chi connectivity index (χ3v) is 5.40. The number of pyridine rings is 1. The summed E-state index contributed by atoms with van der Waals surface area (Å²) in [6.07, 6.45) is 6.14. The quantitative estimate of drug-likeness (QED) is 0.834. The molecule has 1 aliphatic heterocycles. The summed E-state index contributed by atoms with van der Waals surface area (Å²) in [5.74, 6) is 1.17. The van der Waals surface area contributed by atoms with Crippen molar-refractivity contribution in [2.45, 2.75) is 50.9 Å². The number of rotatable bonds is 4. The average molecular weight is 383 g/mol. The van der Waals surface area contributed by atoms with Crippen LogP contribution in [-0.4, -0.2) is 51.8 Å². The van der Waals surface area contributed by atoms with Crippen molar-refractivity contribution in [2.75, 3.05) is 23.9 Å². The molecule has 0 bridgehead atoms. The first-order valence-electron chi connectivity index (χ1n) is 9.52. The molecule has 3 heterocycles. The molecule has 4 rings (SSSR count). The van der Waals surface area contributed by atoms with E-state index >= 15 is 0 Å². The number of anilines is 2. The molecular weight excluding hydrogens is 358 g/mol. The second-order valence-corrected chi connectivity index (χ2v) is 7.86. The maximum Gasteiger partial charge on any atom is 0.247 e.